The van der Waals surface area contributed by atoms with Gasteiger partial charge in [0.25, 0.3) is 5.88 Å². The van der Waals surface area contributed by atoms with E-state index in [-0.39, 0.29) is 12.6 Å². The first-order valence-electron chi connectivity index (χ1n) is 10.2. The highest BCUT2D eigenvalue weighted by Crippen LogP contribution is 2.30. The van der Waals surface area contributed by atoms with Crippen LogP contribution in [-0.4, -0.2) is 19.7 Å². The Morgan fingerprint density at radius 1 is 0.806 bits per heavy atom. The van der Waals surface area contributed by atoms with Crippen molar-refractivity contribution < 1.29 is 19.1 Å². The van der Waals surface area contributed by atoms with Crippen LogP contribution in [0.5, 0.6) is 5.75 Å². The van der Waals surface area contributed by atoms with E-state index in [0.29, 0.717) is 17.2 Å². The fourth-order valence-electron chi connectivity index (χ4n) is 4.19. The van der Waals surface area contributed by atoms with Gasteiger partial charge in [0.2, 0.25) is 0 Å². The standard InChI is InChI=1S/C26H20BNO3/c1-30-21-16-17-22(24(29)18-21)26-28(23-14-8-9-15-25(23)31-26)27(19-10-4-2-5-11-19)20-12-6-3-7-13-20/h2-18H,1H3/p+1. The molecule has 0 fully saturated rings. The van der Waals surface area contributed by atoms with E-state index < -0.39 is 0 Å². The molecule has 5 heteroatoms. The third-order valence-corrected chi connectivity index (χ3v) is 5.62. The smallest absolute Gasteiger partial charge is 0.487 e. The Balaban J connectivity index is 1.73. The van der Waals surface area contributed by atoms with Gasteiger partial charge in [-0.3, -0.25) is 9.61 Å². The van der Waals surface area contributed by atoms with Crippen LogP contribution < -0.4 is 20.5 Å². The van der Waals surface area contributed by atoms with Crippen LogP contribution in [0.3, 0.4) is 0 Å². The number of hydrogen-bond acceptors (Lipinski definition) is 3. The van der Waals surface area contributed by atoms with E-state index in [0.717, 1.165) is 27.2 Å². The maximum Gasteiger partial charge on any atom is 0.487 e. The summed E-state index contributed by atoms with van der Waals surface area (Å²) in [7, 11) is 1.56. The van der Waals surface area contributed by atoms with Gasteiger partial charge in [-0.15, -0.1) is 0 Å². The van der Waals surface area contributed by atoms with Crippen LogP contribution >= 0.6 is 0 Å². The first kappa shape index (κ1) is 19.2. The number of benzene rings is 3. The number of fused-ring (bicyclic) bond motifs is 1. The van der Waals surface area contributed by atoms with Crippen molar-refractivity contribution in [3.63, 3.8) is 0 Å². The Bertz CT molecular complexity index is 1180. The summed E-state index contributed by atoms with van der Waals surface area (Å²) in [5, 5.41) is 0. The van der Waals surface area contributed by atoms with Crippen LogP contribution in [-0.2, 0) is 9.53 Å². The number of quaternary nitrogens is 1. The van der Waals surface area contributed by atoms with Gasteiger partial charge in [-0.2, -0.15) is 0 Å². The lowest BCUT2D eigenvalue weighted by atomic mass is 9.49. The van der Waals surface area contributed by atoms with E-state index in [4.69, 9.17) is 9.47 Å². The van der Waals surface area contributed by atoms with Gasteiger partial charge in [-0.1, -0.05) is 72.8 Å². The summed E-state index contributed by atoms with van der Waals surface area (Å²) in [6, 6.07) is 28.6. The molecule has 3 aromatic rings. The van der Waals surface area contributed by atoms with E-state index in [9.17, 15) is 4.79 Å². The van der Waals surface area contributed by atoms with Crippen molar-refractivity contribution in [2.24, 2.45) is 0 Å². The SMILES string of the molecule is COC1=CC(=O)C(=C2Oc3ccccc3[NH+]2B(c2ccccc2)c2ccccc2)C=C1. The average Bonchev–Trinajstić information content (AvgIpc) is 3.19. The number of ether oxygens (including phenoxy) is 2. The average molecular weight is 406 g/mol. The number of rotatable bonds is 4. The molecule has 150 valence electrons. The second-order valence-corrected chi connectivity index (χ2v) is 7.46. The lowest BCUT2D eigenvalue weighted by Gasteiger charge is -2.22. The summed E-state index contributed by atoms with van der Waals surface area (Å²) in [6.07, 6.45) is 5.09. The van der Waals surface area contributed by atoms with E-state index in [1.165, 1.54) is 6.08 Å². The number of methoxy groups -OCH3 is 1. The molecule has 0 aromatic heterocycles. The molecule has 2 aliphatic rings. The molecule has 31 heavy (non-hydrogen) atoms. The molecule has 1 aliphatic heterocycles. The second kappa shape index (κ2) is 8.13. The Kier molecular flexibility index (Phi) is 5.02. The Morgan fingerprint density at radius 3 is 2.03 bits per heavy atom. The minimum Gasteiger partial charge on any atom is -0.497 e. The molecule has 5 rings (SSSR count). The summed E-state index contributed by atoms with van der Waals surface area (Å²) in [5.41, 5.74) is 3.82. The van der Waals surface area contributed by atoms with Crippen LogP contribution in [0.15, 0.2) is 120 Å². The third kappa shape index (κ3) is 3.49. The topological polar surface area (TPSA) is 40.0 Å². The molecule has 0 amide bonds. The lowest BCUT2D eigenvalue weighted by molar-refractivity contribution is -0.671. The van der Waals surface area contributed by atoms with Crippen molar-refractivity contribution in [2.75, 3.05) is 7.11 Å². The summed E-state index contributed by atoms with van der Waals surface area (Å²) in [6.45, 7) is -0.0810. The summed E-state index contributed by atoms with van der Waals surface area (Å²) >= 11 is 0. The van der Waals surface area contributed by atoms with Crippen molar-refractivity contribution in [3.05, 3.63) is 120 Å². The van der Waals surface area contributed by atoms with Crippen molar-refractivity contribution in [1.29, 1.82) is 0 Å². The molecule has 0 bridgehead atoms. The summed E-state index contributed by atoms with van der Waals surface area (Å²) in [4.78, 5) is 14.0. The number of para-hydroxylation sites is 2. The second-order valence-electron chi connectivity index (χ2n) is 7.46. The predicted octanol–water partition coefficient (Wildman–Crippen LogP) is 2.28. The van der Waals surface area contributed by atoms with Crippen molar-refractivity contribution in [3.8, 4) is 5.75 Å². The highest BCUT2D eigenvalue weighted by atomic mass is 16.5. The normalized spacial score (nSPS) is 19.5. The number of carbonyl (C=O) groups excluding carboxylic acids is 1. The molecular formula is C26H21BNO3+. The lowest BCUT2D eigenvalue weighted by Crippen LogP contribution is -3.15. The zero-order valence-electron chi connectivity index (χ0n) is 17.1. The first-order chi connectivity index (χ1) is 15.3. The predicted molar refractivity (Wildman–Crippen MR) is 122 cm³/mol. The van der Waals surface area contributed by atoms with Gasteiger partial charge in [-0.25, -0.2) is 0 Å². The molecule has 1 heterocycles. The van der Waals surface area contributed by atoms with E-state index >= 15 is 0 Å². The Labute approximate surface area is 181 Å². The van der Waals surface area contributed by atoms with Gasteiger partial charge < -0.3 is 9.47 Å². The zero-order chi connectivity index (χ0) is 21.2. The van der Waals surface area contributed by atoms with Crippen molar-refractivity contribution in [2.45, 2.75) is 0 Å². The van der Waals surface area contributed by atoms with Gasteiger partial charge >= 0.3 is 6.85 Å². The Hall–Kier alpha value is -3.83. The molecule has 0 saturated heterocycles. The van der Waals surface area contributed by atoms with Crippen LogP contribution in [0.2, 0.25) is 0 Å². The number of hydrogen-bond donors (Lipinski definition) is 1. The van der Waals surface area contributed by atoms with Crippen LogP contribution in [0.1, 0.15) is 0 Å². The summed E-state index contributed by atoms with van der Waals surface area (Å²) in [5.74, 6) is 1.78. The fourth-order valence-corrected chi connectivity index (χ4v) is 4.19. The van der Waals surface area contributed by atoms with Crippen molar-refractivity contribution in [1.82, 2.24) is 0 Å². The molecule has 1 N–H and O–H groups in total. The molecule has 1 unspecified atom stereocenters. The molecule has 0 radical (unpaired) electrons. The molecule has 1 atom stereocenters. The molecule has 3 aromatic carbocycles. The third-order valence-electron chi connectivity index (χ3n) is 5.62. The van der Waals surface area contributed by atoms with Gasteiger partial charge in [0, 0.05) is 12.1 Å². The minimum atomic E-state index is -0.125. The molecule has 0 spiro atoms. The minimum absolute atomic E-state index is 0.0810. The van der Waals surface area contributed by atoms with Crippen LogP contribution in [0.25, 0.3) is 0 Å². The first-order valence-corrected chi connectivity index (χ1v) is 10.2. The van der Waals surface area contributed by atoms with E-state index in [1.54, 1.807) is 19.3 Å². The fraction of sp³-hybridized carbons (Fsp3) is 0.0385. The molecular weight excluding hydrogens is 385 g/mol. The van der Waals surface area contributed by atoms with E-state index in [2.05, 4.69) is 30.3 Å². The monoisotopic (exact) mass is 406 g/mol. The quantitative estimate of drug-likeness (QED) is 0.534. The molecule has 1 aliphatic carbocycles. The maximum absolute atomic E-state index is 13.0. The van der Waals surface area contributed by atoms with Crippen LogP contribution in [0.4, 0.5) is 5.69 Å². The largest absolute Gasteiger partial charge is 0.497 e. The van der Waals surface area contributed by atoms with Gasteiger partial charge in [-0.05, 0) is 29.1 Å². The molecule has 0 saturated carbocycles. The van der Waals surface area contributed by atoms with E-state index in [1.807, 2.05) is 54.6 Å². The number of allylic oxidation sites excluding steroid dienone is 4. The van der Waals surface area contributed by atoms with Gasteiger partial charge in [0.1, 0.15) is 11.3 Å². The van der Waals surface area contributed by atoms with Gasteiger partial charge in [0.15, 0.2) is 17.2 Å². The summed E-state index contributed by atoms with van der Waals surface area (Å²) < 4.78 is 11.6. The van der Waals surface area contributed by atoms with Crippen LogP contribution in [0, 0.1) is 0 Å². The number of ketones is 1. The molecule has 4 nitrogen and oxygen atoms in total. The van der Waals surface area contributed by atoms with Crippen molar-refractivity contribution >= 4 is 29.2 Å². The number of carbonyl (C=O) groups is 1. The maximum atomic E-state index is 13.0. The Morgan fingerprint density at radius 2 is 1.42 bits per heavy atom. The highest BCUT2D eigenvalue weighted by Gasteiger charge is 2.46. The van der Waals surface area contributed by atoms with Gasteiger partial charge in [0.05, 0.1) is 7.11 Å². The highest BCUT2D eigenvalue weighted by molar-refractivity contribution is 6.78. The zero-order valence-corrected chi connectivity index (χ0v) is 17.1. The number of nitrogens with one attached hydrogen (secondary N) is 1.